The Labute approximate surface area is 181 Å². The van der Waals surface area contributed by atoms with Gasteiger partial charge in [-0.05, 0) is 20.8 Å². The maximum absolute atomic E-state index is 5.46. The molecule has 2 rings (SSSR count). The highest BCUT2D eigenvalue weighted by atomic mass is 127. The molecule has 2 heterocycles. The molecular weight excluding hydrogens is 481 g/mol. The van der Waals surface area contributed by atoms with E-state index in [-0.39, 0.29) is 30.1 Å². The van der Waals surface area contributed by atoms with Crippen LogP contribution < -0.4 is 15.5 Å². The molecule has 2 aromatic rings. The summed E-state index contributed by atoms with van der Waals surface area (Å²) in [5, 5.41) is 13.3. The maximum Gasteiger partial charge on any atom is 0.246 e. The number of hydrogen-bond acceptors (Lipinski definition) is 8. The number of aromatic nitrogens is 3. The molecule has 27 heavy (non-hydrogen) atoms. The number of aliphatic imine (C=N–C) groups is 1. The topological polar surface area (TPSA) is 101 Å². The van der Waals surface area contributed by atoms with Gasteiger partial charge < -0.3 is 24.8 Å². The van der Waals surface area contributed by atoms with E-state index in [1.165, 1.54) is 0 Å². The van der Waals surface area contributed by atoms with Crippen LogP contribution in [0.5, 0.6) is 0 Å². The Morgan fingerprint density at radius 1 is 1.33 bits per heavy atom. The molecule has 0 aromatic carbocycles. The summed E-state index contributed by atoms with van der Waals surface area (Å²) < 4.78 is 10.7. The van der Waals surface area contributed by atoms with E-state index in [4.69, 9.17) is 9.26 Å². The van der Waals surface area contributed by atoms with Crippen molar-refractivity contribution in [3.8, 4) is 0 Å². The molecule has 11 heteroatoms. The summed E-state index contributed by atoms with van der Waals surface area (Å²) in [6.45, 7) is 8.08. The van der Waals surface area contributed by atoms with Crippen molar-refractivity contribution in [2.45, 2.75) is 40.0 Å². The van der Waals surface area contributed by atoms with Gasteiger partial charge in [0, 0.05) is 32.6 Å². The summed E-state index contributed by atoms with van der Waals surface area (Å²) in [5.74, 6) is 1.70. The number of hydrogen-bond donors (Lipinski definition) is 2. The van der Waals surface area contributed by atoms with Crippen molar-refractivity contribution in [3.05, 3.63) is 22.8 Å². The molecule has 0 amide bonds. The first-order chi connectivity index (χ1) is 12.5. The smallest absolute Gasteiger partial charge is 0.246 e. The van der Waals surface area contributed by atoms with Crippen LogP contribution >= 0.6 is 35.3 Å². The molecular formula is C16H28IN7O2S. The molecule has 2 aromatic heterocycles. The van der Waals surface area contributed by atoms with E-state index >= 15 is 0 Å². The number of nitrogens with one attached hydrogen (secondary N) is 2. The summed E-state index contributed by atoms with van der Waals surface area (Å²) in [4.78, 5) is 15.4. The highest BCUT2D eigenvalue weighted by Gasteiger charge is 2.14. The van der Waals surface area contributed by atoms with Gasteiger partial charge in [-0.3, -0.25) is 0 Å². The SMILES string of the molecule is CCNC(=NCc1csc(N(C)C)n1)NCc1nc(C(C)OCC)no1.I. The Balaban J connectivity index is 0.00000364. The quantitative estimate of drug-likeness (QED) is 0.302. The van der Waals surface area contributed by atoms with Crippen LogP contribution in [-0.2, 0) is 17.8 Å². The lowest BCUT2D eigenvalue weighted by atomic mass is 10.4. The minimum absolute atomic E-state index is 0. The van der Waals surface area contributed by atoms with Crippen LogP contribution in [0.15, 0.2) is 14.9 Å². The minimum atomic E-state index is -0.185. The lowest BCUT2D eigenvalue weighted by Gasteiger charge is -2.09. The van der Waals surface area contributed by atoms with Crippen LogP contribution in [0, 0.1) is 0 Å². The number of rotatable bonds is 9. The average molecular weight is 509 g/mol. The third-order valence-corrected chi connectivity index (χ3v) is 4.39. The summed E-state index contributed by atoms with van der Waals surface area (Å²) in [7, 11) is 3.95. The lowest BCUT2D eigenvalue weighted by Crippen LogP contribution is -2.36. The molecule has 0 bridgehead atoms. The van der Waals surface area contributed by atoms with Gasteiger partial charge in [-0.2, -0.15) is 4.98 Å². The van der Waals surface area contributed by atoms with Gasteiger partial charge in [0.15, 0.2) is 16.9 Å². The average Bonchev–Trinajstić information content (AvgIpc) is 3.27. The predicted molar refractivity (Wildman–Crippen MR) is 118 cm³/mol. The van der Waals surface area contributed by atoms with Crippen LogP contribution in [0.1, 0.15) is 44.3 Å². The monoisotopic (exact) mass is 509 g/mol. The molecule has 1 unspecified atom stereocenters. The van der Waals surface area contributed by atoms with Gasteiger partial charge in [-0.25, -0.2) is 9.98 Å². The molecule has 0 aliphatic rings. The van der Waals surface area contributed by atoms with Crippen molar-refractivity contribution in [2.75, 3.05) is 32.1 Å². The normalized spacial score (nSPS) is 12.4. The van der Waals surface area contributed by atoms with E-state index in [0.717, 1.165) is 17.4 Å². The number of thiazole rings is 1. The molecule has 0 fully saturated rings. The zero-order valence-electron chi connectivity index (χ0n) is 16.4. The number of halogens is 1. The van der Waals surface area contributed by atoms with Crippen molar-refractivity contribution in [1.82, 2.24) is 25.8 Å². The second kappa shape index (κ2) is 12.1. The highest BCUT2D eigenvalue weighted by molar-refractivity contribution is 14.0. The van der Waals surface area contributed by atoms with Gasteiger partial charge in [0.25, 0.3) is 0 Å². The number of ether oxygens (including phenoxy) is 1. The number of guanidine groups is 1. The van der Waals surface area contributed by atoms with E-state index in [1.807, 2.05) is 45.1 Å². The van der Waals surface area contributed by atoms with Crippen molar-refractivity contribution in [3.63, 3.8) is 0 Å². The van der Waals surface area contributed by atoms with E-state index < -0.39 is 0 Å². The van der Waals surface area contributed by atoms with Gasteiger partial charge in [0.05, 0.1) is 18.8 Å². The van der Waals surface area contributed by atoms with Gasteiger partial charge in [0.2, 0.25) is 5.89 Å². The van der Waals surface area contributed by atoms with Crippen LogP contribution in [0.25, 0.3) is 0 Å². The molecule has 0 aliphatic heterocycles. The summed E-state index contributed by atoms with van der Waals surface area (Å²) in [6.07, 6.45) is -0.185. The van der Waals surface area contributed by atoms with E-state index in [0.29, 0.717) is 37.4 Å². The van der Waals surface area contributed by atoms with Crippen molar-refractivity contribution < 1.29 is 9.26 Å². The van der Waals surface area contributed by atoms with E-state index in [1.54, 1.807) is 11.3 Å². The van der Waals surface area contributed by atoms with E-state index in [2.05, 4.69) is 30.8 Å². The molecule has 2 N–H and O–H groups in total. The Bertz CT molecular complexity index is 705. The van der Waals surface area contributed by atoms with Gasteiger partial charge >= 0.3 is 0 Å². The van der Waals surface area contributed by atoms with Crippen molar-refractivity contribution in [1.29, 1.82) is 0 Å². The van der Waals surface area contributed by atoms with Crippen molar-refractivity contribution >= 4 is 46.4 Å². The van der Waals surface area contributed by atoms with Crippen LogP contribution in [-0.4, -0.2) is 48.3 Å². The summed E-state index contributed by atoms with van der Waals surface area (Å²) >= 11 is 1.60. The summed E-state index contributed by atoms with van der Waals surface area (Å²) in [5.41, 5.74) is 0.932. The first-order valence-electron chi connectivity index (χ1n) is 8.61. The first kappa shape index (κ1) is 23.6. The molecule has 152 valence electrons. The van der Waals surface area contributed by atoms with Crippen LogP contribution in [0.3, 0.4) is 0 Å². The third-order valence-electron chi connectivity index (χ3n) is 3.34. The predicted octanol–water partition coefficient (Wildman–Crippen LogP) is 2.56. The molecule has 0 spiro atoms. The molecule has 9 nitrogen and oxygen atoms in total. The van der Waals surface area contributed by atoms with Crippen LogP contribution in [0.4, 0.5) is 5.13 Å². The fraction of sp³-hybridized carbons (Fsp3) is 0.625. The van der Waals surface area contributed by atoms with E-state index in [9.17, 15) is 0 Å². The zero-order valence-corrected chi connectivity index (χ0v) is 19.5. The van der Waals surface area contributed by atoms with Crippen molar-refractivity contribution in [2.24, 2.45) is 4.99 Å². The largest absolute Gasteiger partial charge is 0.371 e. The van der Waals surface area contributed by atoms with Gasteiger partial charge in [-0.1, -0.05) is 5.16 Å². The molecule has 0 radical (unpaired) electrons. The molecule has 0 saturated carbocycles. The maximum atomic E-state index is 5.46. The molecule has 0 aliphatic carbocycles. The fourth-order valence-electron chi connectivity index (χ4n) is 2.06. The van der Waals surface area contributed by atoms with Gasteiger partial charge in [-0.15, -0.1) is 35.3 Å². The first-order valence-corrected chi connectivity index (χ1v) is 9.49. The Morgan fingerprint density at radius 3 is 2.74 bits per heavy atom. The molecule has 0 saturated heterocycles. The third kappa shape index (κ3) is 7.58. The highest BCUT2D eigenvalue weighted by Crippen LogP contribution is 2.18. The second-order valence-electron chi connectivity index (χ2n) is 5.71. The van der Waals surface area contributed by atoms with Gasteiger partial charge in [0.1, 0.15) is 6.10 Å². The zero-order chi connectivity index (χ0) is 18.9. The standard InChI is InChI=1S/C16H27N7O2S.HI/c1-6-17-15(18-8-12-10-26-16(20-12)23(4)5)19-9-13-21-14(22-25-13)11(3)24-7-2;/h10-11H,6-9H2,1-5H3,(H2,17,18,19);1H. The molecule has 1 atom stereocenters. The lowest BCUT2D eigenvalue weighted by molar-refractivity contribution is 0.0683. The Kier molecular flexibility index (Phi) is 10.5. The fourth-order valence-corrected chi connectivity index (χ4v) is 2.81. The summed E-state index contributed by atoms with van der Waals surface area (Å²) in [6, 6.07) is 0. The Morgan fingerprint density at radius 2 is 2.11 bits per heavy atom. The second-order valence-corrected chi connectivity index (χ2v) is 6.55. The number of anilines is 1. The number of nitrogens with zero attached hydrogens (tertiary/aromatic N) is 5. The minimum Gasteiger partial charge on any atom is -0.371 e. The Hall–Kier alpha value is -1.47. The van der Waals surface area contributed by atoms with Crippen LogP contribution in [0.2, 0.25) is 0 Å².